The lowest BCUT2D eigenvalue weighted by Gasteiger charge is -2.22. The summed E-state index contributed by atoms with van der Waals surface area (Å²) >= 11 is 0. The number of furan rings is 1. The molecule has 1 aliphatic rings. The zero-order valence-corrected chi connectivity index (χ0v) is 11.6. The fourth-order valence-electron chi connectivity index (χ4n) is 2.76. The lowest BCUT2D eigenvalue weighted by atomic mass is 9.95. The molecule has 0 atom stereocenters. The molecular formula is C16H19NO3. The molecule has 1 N–H and O–H groups in total. The number of fused-ring (bicyclic) bond motifs is 1. The number of carbonyl (C=O) groups excluding carboxylic acids is 1. The van der Waals surface area contributed by atoms with E-state index in [1.54, 1.807) is 13.2 Å². The molecule has 1 amide bonds. The van der Waals surface area contributed by atoms with Gasteiger partial charge in [-0.15, -0.1) is 0 Å². The molecule has 1 heterocycles. The summed E-state index contributed by atoms with van der Waals surface area (Å²) < 4.78 is 10.8. The van der Waals surface area contributed by atoms with Crippen LogP contribution in [0.4, 0.5) is 0 Å². The summed E-state index contributed by atoms with van der Waals surface area (Å²) in [6.07, 6.45) is 5.81. The second-order valence-electron chi connectivity index (χ2n) is 5.32. The molecule has 3 rings (SSSR count). The number of benzene rings is 1. The van der Waals surface area contributed by atoms with Crippen molar-refractivity contribution in [2.75, 3.05) is 7.11 Å². The molecule has 1 saturated carbocycles. The van der Waals surface area contributed by atoms with Crippen LogP contribution in [0.1, 0.15) is 42.7 Å². The monoisotopic (exact) mass is 273 g/mol. The molecule has 0 radical (unpaired) electrons. The van der Waals surface area contributed by atoms with Crippen LogP contribution >= 0.6 is 0 Å². The smallest absolute Gasteiger partial charge is 0.287 e. The minimum Gasteiger partial charge on any atom is -0.497 e. The molecular weight excluding hydrogens is 254 g/mol. The first-order valence-electron chi connectivity index (χ1n) is 7.15. The Hall–Kier alpha value is -1.97. The quantitative estimate of drug-likeness (QED) is 0.931. The van der Waals surface area contributed by atoms with Gasteiger partial charge in [-0.2, -0.15) is 0 Å². The normalized spacial score (nSPS) is 16.2. The van der Waals surface area contributed by atoms with Crippen molar-refractivity contribution in [2.24, 2.45) is 0 Å². The highest BCUT2D eigenvalue weighted by molar-refractivity contribution is 5.96. The second kappa shape index (κ2) is 5.57. The van der Waals surface area contributed by atoms with Gasteiger partial charge in [0.05, 0.1) is 7.11 Å². The molecule has 0 unspecified atom stereocenters. The molecule has 0 saturated heterocycles. The van der Waals surface area contributed by atoms with Crippen LogP contribution in [0.25, 0.3) is 11.0 Å². The highest BCUT2D eigenvalue weighted by Gasteiger charge is 2.19. The van der Waals surface area contributed by atoms with E-state index in [0.717, 1.165) is 24.0 Å². The Kier molecular flexibility index (Phi) is 3.63. The molecule has 1 aromatic heterocycles. The summed E-state index contributed by atoms with van der Waals surface area (Å²) in [6, 6.07) is 7.59. The van der Waals surface area contributed by atoms with Gasteiger partial charge >= 0.3 is 0 Å². The average Bonchev–Trinajstić information content (AvgIpc) is 2.91. The molecule has 4 heteroatoms. The van der Waals surface area contributed by atoms with Crippen LogP contribution in [0.5, 0.6) is 5.75 Å². The van der Waals surface area contributed by atoms with Gasteiger partial charge in [0.2, 0.25) is 0 Å². The lowest BCUT2D eigenvalue weighted by Crippen LogP contribution is -2.35. The topological polar surface area (TPSA) is 51.5 Å². The number of rotatable bonds is 3. The third-order valence-corrected chi connectivity index (χ3v) is 3.89. The average molecular weight is 273 g/mol. The van der Waals surface area contributed by atoms with E-state index < -0.39 is 0 Å². The van der Waals surface area contributed by atoms with Crippen LogP contribution in [0.2, 0.25) is 0 Å². The summed E-state index contributed by atoms with van der Waals surface area (Å²) in [7, 11) is 1.62. The van der Waals surface area contributed by atoms with Gasteiger partial charge in [-0.25, -0.2) is 0 Å². The van der Waals surface area contributed by atoms with Gasteiger partial charge in [0.15, 0.2) is 5.76 Å². The van der Waals surface area contributed by atoms with E-state index in [1.165, 1.54) is 19.3 Å². The molecule has 106 valence electrons. The SMILES string of the molecule is COc1ccc2oc(C(=O)NC3CCCCC3)cc2c1. The third kappa shape index (κ3) is 2.64. The minimum atomic E-state index is -0.118. The summed E-state index contributed by atoms with van der Waals surface area (Å²) in [5.41, 5.74) is 0.708. The lowest BCUT2D eigenvalue weighted by molar-refractivity contribution is 0.0902. The molecule has 1 fully saturated rings. The second-order valence-corrected chi connectivity index (χ2v) is 5.32. The van der Waals surface area contributed by atoms with Gasteiger partial charge in [-0.1, -0.05) is 19.3 Å². The van der Waals surface area contributed by atoms with Crippen LogP contribution in [-0.2, 0) is 0 Å². The minimum absolute atomic E-state index is 0.118. The molecule has 0 spiro atoms. The van der Waals surface area contributed by atoms with Crippen molar-refractivity contribution in [1.82, 2.24) is 5.32 Å². The van der Waals surface area contributed by atoms with Gasteiger partial charge < -0.3 is 14.5 Å². The van der Waals surface area contributed by atoms with Crippen LogP contribution in [0.3, 0.4) is 0 Å². The maximum atomic E-state index is 12.2. The number of hydrogen-bond donors (Lipinski definition) is 1. The van der Waals surface area contributed by atoms with Crippen molar-refractivity contribution in [3.05, 3.63) is 30.0 Å². The van der Waals surface area contributed by atoms with Crippen LogP contribution in [0, 0.1) is 0 Å². The summed E-state index contributed by atoms with van der Waals surface area (Å²) in [5, 5.41) is 3.95. The fourth-order valence-corrected chi connectivity index (χ4v) is 2.76. The van der Waals surface area contributed by atoms with Crippen molar-refractivity contribution in [3.63, 3.8) is 0 Å². The number of carbonyl (C=O) groups is 1. The van der Waals surface area contributed by atoms with E-state index in [-0.39, 0.29) is 5.91 Å². The third-order valence-electron chi connectivity index (χ3n) is 3.89. The highest BCUT2D eigenvalue weighted by Crippen LogP contribution is 2.24. The molecule has 4 nitrogen and oxygen atoms in total. The Labute approximate surface area is 118 Å². The zero-order valence-electron chi connectivity index (χ0n) is 11.6. The van der Waals surface area contributed by atoms with E-state index in [9.17, 15) is 4.79 Å². The number of amides is 1. The van der Waals surface area contributed by atoms with Crippen molar-refractivity contribution in [2.45, 2.75) is 38.1 Å². The van der Waals surface area contributed by atoms with Gasteiger partial charge in [-0.05, 0) is 37.1 Å². The van der Waals surface area contributed by atoms with Gasteiger partial charge in [-0.3, -0.25) is 4.79 Å². The van der Waals surface area contributed by atoms with E-state index in [4.69, 9.17) is 9.15 Å². The van der Waals surface area contributed by atoms with Crippen molar-refractivity contribution >= 4 is 16.9 Å². The highest BCUT2D eigenvalue weighted by atomic mass is 16.5. The Balaban J connectivity index is 1.77. The van der Waals surface area contributed by atoms with E-state index in [0.29, 0.717) is 17.4 Å². The molecule has 20 heavy (non-hydrogen) atoms. The largest absolute Gasteiger partial charge is 0.497 e. The Morgan fingerprint density at radius 2 is 2.05 bits per heavy atom. The van der Waals surface area contributed by atoms with Crippen LogP contribution in [0.15, 0.2) is 28.7 Å². The number of ether oxygens (including phenoxy) is 1. The summed E-state index contributed by atoms with van der Waals surface area (Å²) in [5.74, 6) is 1.02. The summed E-state index contributed by atoms with van der Waals surface area (Å²) in [4.78, 5) is 12.2. The van der Waals surface area contributed by atoms with Crippen molar-refractivity contribution in [1.29, 1.82) is 0 Å². The maximum absolute atomic E-state index is 12.2. The Bertz CT molecular complexity index is 611. The first-order valence-corrected chi connectivity index (χ1v) is 7.15. The van der Waals surface area contributed by atoms with Gasteiger partial charge in [0.1, 0.15) is 11.3 Å². The Morgan fingerprint density at radius 1 is 1.25 bits per heavy atom. The van der Waals surface area contributed by atoms with E-state index in [1.807, 2.05) is 18.2 Å². The first-order chi connectivity index (χ1) is 9.76. The predicted octanol–water partition coefficient (Wildman–Crippen LogP) is 3.50. The van der Waals surface area contributed by atoms with Gasteiger partial charge in [0.25, 0.3) is 5.91 Å². The number of methoxy groups -OCH3 is 1. The first kappa shape index (κ1) is 13.0. The molecule has 0 bridgehead atoms. The summed E-state index contributed by atoms with van der Waals surface area (Å²) in [6.45, 7) is 0. The number of nitrogens with one attached hydrogen (secondary N) is 1. The molecule has 0 aliphatic heterocycles. The van der Waals surface area contributed by atoms with Gasteiger partial charge in [0, 0.05) is 11.4 Å². The molecule has 2 aromatic rings. The van der Waals surface area contributed by atoms with E-state index >= 15 is 0 Å². The Morgan fingerprint density at radius 3 is 2.80 bits per heavy atom. The predicted molar refractivity (Wildman–Crippen MR) is 77.1 cm³/mol. The standard InChI is InChI=1S/C16H19NO3/c1-19-13-7-8-14-11(9-13)10-15(20-14)16(18)17-12-5-3-2-4-6-12/h7-10,12H,2-6H2,1H3,(H,17,18). The maximum Gasteiger partial charge on any atom is 0.287 e. The van der Waals surface area contributed by atoms with Crippen molar-refractivity contribution in [3.8, 4) is 5.75 Å². The zero-order chi connectivity index (χ0) is 13.9. The van der Waals surface area contributed by atoms with Crippen molar-refractivity contribution < 1.29 is 13.9 Å². The number of hydrogen-bond acceptors (Lipinski definition) is 3. The fraction of sp³-hybridized carbons (Fsp3) is 0.438. The van der Waals surface area contributed by atoms with E-state index in [2.05, 4.69) is 5.32 Å². The molecule has 1 aliphatic carbocycles. The van der Waals surface area contributed by atoms with Crippen LogP contribution < -0.4 is 10.1 Å². The van der Waals surface area contributed by atoms with Crippen LogP contribution in [-0.4, -0.2) is 19.1 Å². The molecule has 1 aromatic carbocycles.